The summed E-state index contributed by atoms with van der Waals surface area (Å²) in [5.74, 6) is 0.749. The number of aliphatic imine (C=N–C) groups is 1. The molecule has 0 spiro atoms. The van der Waals surface area contributed by atoms with Crippen LogP contribution in [-0.2, 0) is 6.61 Å². The lowest BCUT2D eigenvalue weighted by atomic mass is 10.00. The molecule has 7 heteroatoms. The van der Waals surface area contributed by atoms with E-state index in [2.05, 4.69) is 15.5 Å². The van der Waals surface area contributed by atoms with Crippen LogP contribution in [0.2, 0.25) is 0 Å². The van der Waals surface area contributed by atoms with Gasteiger partial charge in [0.2, 0.25) is 0 Å². The zero-order valence-corrected chi connectivity index (χ0v) is 18.8. The SMILES string of the molecule is COc1cc(C2=NNC(c3ccc(F)cc3)=Nc3ccc(F)cc32)ccc1OCc1ccccc1. The summed E-state index contributed by atoms with van der Waals surface area (Å²) in [6.07, 6.45) is 0. The molecule has 0 bridgehead atoms. The van der Waals surface area contributed by atoms with Gasteiger partial charge in [0.15, 0.2) is 17.3 Å². The van der Waals surface area contributed by atoms with Crippen molar-refractivity contribution in [3.8, 4) is 11.5 Å². The molecule has 0 amide bonds. The number of nitrogens with zero attached hydrogens (tertiary/aromatic N) is 2. The lowest BCUT2D eigenvalue weighted by Gasteiger charge is -2.14. The Morgan fingerprint density at radius 1 is 0.771 bits per heavy atom. The minimum atomic E-state index is -0.410. The van der Waals surface area contributed by atoms with Gasteiger partial charge in [-0.3, -0.25) is 5.43 Å². The Morgan fingerprint density at radius 2 is 1.51 bits per heavy atom. The molecule has 1 aliphatic heterocycles. The lowest BCUT2D eigenvalue weighted by molar-refractivity contribution is 0.284. The average molecular weight is 469 g/mol. The predicted molar refractivity (Wildman–Crippen MR) is 132 cm³/mol. The van der Waals surface area contributed by atoms with Crippen molar-refractivity contribution in [2.24, 2.45) is 10.1 Å². The van der Waals surface area contributed by atoms with Crippen LogP contribution in [0.15, 0.2) is 101 Å². The van der Waals surface area contributed by atoms with Gasteiger partial charge in [0.05, 0.1) is 12.8 Å². The van der Waals surface area contributed by atoms with Gasteiger partial charge in [-0.05, 0) is 66.2 Å². The second kappa shape index (κ2) is 9.77. The maximum absolute atomic E-state index is 14.2. The van der Waals surface area contributed by atoms with Gasteiger partial charge in [-0.1, -0.05) is 30.3 Å². The van der Waals surface area contributed by atoms with Gasteiger partial charge in [0.1, 0.15) is 24.0 Å². The maximum Gasteiger partial charge on any atom is 0.161 e. The highest BCUT2D eigenvalue weighted by atomic mass is 19.1. The molecule has 4 aromatic rings. The first kappa shape index (κ1) is 22.3. The quantitative estimate of drug-likeness (QED) is 0.378. The number of methoxy groups -OCH3 is 1. The van der Waals surface area contributed by atoms with Crippen LogP contribution in [0.5, 0.6) is 11.5 Å². The van der Waals surface area contributed by atoms with Crippen molar-refractivity contribution in [1.82, 2.24) is 5.43 Å². The minimum Gasteiger partial charge on any atom is -0.493 e. The van der Waals surface area contributed by atoms with E-state index < -0.39 is 5.82 Å². The maximum atomic E-state index is 14.2. The first-order chi connectivity index (χ1) is 17.1. The number of fused-ring (bicyclic) bond motifs is 1. The van der Waals surface area contributed by atoms with Gasteiger partial charge in [-0.2, -0.15) is 5.10 Å². The molecule has 0 aliphatic carbocycles. The van der Waals surface area contributed by atoms with Crippen LogP contribution in [0.3, 0.4) is 0 Å². The third kappa shape index (κ3) is 4.89. The van der Waals surface area contributed by atoms with E-state index >= 15 is 0 Å². The van der Waals surface area contributed by atoms with E-state index in [-0.39, 0.29) is 5.82 Å². The Labute approximate surface area is 201 Å². The highest BCUT2D eigenvalue weighted by Gasteiger charge is 2.20. The van der Waals surface area contributed by atoms with E-state index in [1.807, 2.05) is 36.4 Å². The highest BCUT2D eigenvalue weighted by molar-refractivity contribution is 6.18. The van der Waals surface area contributed by atoms with Crippen LogP contribution in [0.4, 0.5) is 14.5 Å². The average Bonchev–Trinajstić information content (AvgIpc) is 3.08. The summed E-state index contributed by atoms with van der Waals surface area (Å²) < 4.78 is 39.2. The molecule has 1 heterocycles. The van der Waals surface area contributed by atoms with Crippen molar-refractivity contribution >= 4 is 17.2 Å². The molecule has 0 fully saturated rings. The molecule has 0 radical (unpaired) electrons. The third-order valence-corrected chi connectivity index (χ3v) is 5.51. The number of hydrazone groups is 1. The first-order valence-electron chi connectivity index (χ1n) is 10.9. The van der Waals surface area contributed by atoms with Crippen LogP contribution in [0, 0.1) is 11.6 Å². The van der Waals surface area contributed by atoms with E-state index in [1.165, 1.54) is 24.3 Å². The topological polar surface area (TPSA) is 55.2 Å². The second-order valence-corrected chi connectivity index (χ2v) is 7.84. The van der Waals surface area contributed by atoms with Gasteiger partial charge >= 0.3 is 0 Å². The Hall–Kier alpha value is -4.52. The first-order valence-corrected chi connectivity index (χ1v) is 10.9. The Morgan fingerprint density at radius 3 is 2.29 bits per heavy atom. The standard InChI is InChI=1S/C28H21F2N3O2/c1-34-26-15-20(9-14-25(26)35-17-18-5-3-2-4-6-18)27-23-16-22(30)12-13-24(23)31-28(33-32-27)19-7-10-21(29)11-8-19/h2-16H,17H2,1H3,(H,31,33). The smallest absolute Gasteiger partial charge is 0.161 e. The summed E-state index contributed by atoms with van der Waals surface area (Å²) in [4.78, 5) is 4.62. The predicted octanol–water partition coefficient (Wildman–Crippen LogP) is 5.99. The summed E-state index contributed by atoms with van der Waals surface area (Å²) in [7, 11) is 1.56. The number of ether oxygens (including phenoxy) is 2. The highest BCUT2D eigenvalue weighted by Crippen LogP contribution is 2.32. The fourth-order valence-electron chi connectivity index (χ4n) is 3.74. The second-order valence-electron chi connectivity index (χ2n) is 7.84. The summed E-state index contributed by atoms with van der Waals surface area (Å²) in [5.41, 5.74) is 6.83. The fourth-order valence-corrected chi connectivity index (χ4v) is 3.74. The largest absolute Gasteiger partial charge is 0.493 e. The van der Waals surface area contributed by atoms with Crippen LogP contribution >= 0.6 is 0 Å². The molecule has 0 unspecified atom stereocenters. The molecule has 0 saturated carbocycles. The molecule has 35 heavy (non-hydrogen) atoms. The van der Waals surface area contributed by atoms with E-state index in [9.17, 15) is 8.78 Å². The molecule has 5 rings (SSSR count). The Kier molecular flexibility index (Phi) is 6.22. The van der Waals surface area contributed by atoms with Crippen LogP contribution in [0.1, 0.15) is 22.3 Å². The molecule has 174 valence electrons. The monoisotopic (exact) mass is 469 g/mol. The normalized spacial score (nSPS) is 12.5. The number of hydrogen-bond donors (Lipinski definition) is 1. The molecule has 1 aliphatic rings. The number of nitrogens with one attached hydrogen (secondary N) is 1. The van der Waals surface area contributed by atoms with Crippen molar-refractivity contribution < 1.29 is 18.3 Å². The fraction of sp³-hybridized carbons (Fsp3) is 0.0714. The summed E-state index contributed by atoms with van der Waals surface area (Å²) in [6, 6.07) is 25.5. The summed E-state index contributed by atoms with van der Waals surface area (Å²) >= 11 is 0. The molecular formula is C28H21F2N3O2. The molecule has 0 atom stereocenters. The zero-order valence-electron chi connectivity index (χ0n) is 18.8. The number of halogens is 2. The van der Waals surface area contributed by atoms with Crippen molar-refractivity contribution in [2.45, 2.75) is 6.61 Å². The van der Waals surface area contributed by atoms with Gasteiger partial charge in [0.25, 0.3) is 0 Å². The van der Waals surface area contributed by atoms with Crippen molar-refractivity contribution in [1.29, 1.82) is 0 Å². The van der Waals surface area contributed by atoms with E-state index in [1.54, 1.807) is 37.4 Å². The van der Waals surface area contributed by atoms with Gasteiger partial charge in [-0.25, -0.2) is 13.8 Å². The zero-order chi connectivity index (χ0) is 24.2. The van der Waals surface area contributed by atoms with Gasteiger partial charge in [-0.15, -0.1) is 0 Å². The number of rotatable bonds is 6. The van der Waals surface area contributed by atoms with Crippen molar-refractivity contribution in [3.05, 3.63) is 125 Å². The van der Waals surface area contributed by atoms with Crippen LogP contribution in [-0.4, -0.2) is 18.7 Å². The lowest BCUT2D eigenvalue weighted by Crippen LogP contribution is -2.19. The molecule has 5 nitrogen and oxygen atoms in total. The van der Waals surface area contributed by atoms with Crippen molar-refractivity contribution in [3.63, 3.8) is 0 Å². The minimum absolute atomic E-state index is 0.351. The summed E-state index contributed by atoms with van der Waals surface area (Å²) in [6.45, 7) is 0.391. The third-order valence-electron chi connectivity index (χ3n) is 5.51. The van der Waals surface area contributed by atoms with E-state index in [4.69, 9.17) is 9.47 Å². The van der Waals surface area contributed by atoms with Gasteiger partial charge < -0.3 is 9.47 Å². The Bertz CT molecular complexity index is 1420. The van der Waals surface area contributed by atoms with E-state index in [0.717, 1.165) is 5.56 Å². The number of amidine groups is 1. The van der Waals surface area contributed by atoms with E-state index in [0.29, 0.717) is 52.0 Å². The Balaban J connectivity index is 1.50. The van der Waals surface area contributed by atoms with Gasteiger partial charge in [0, 0.05) is 16.7 Å². The molecule has 4 aromatic carbocycles. The van der Waals surface area contributed by atoms with Crippen molar-refractivity contribution in [2.75, 3.05) is 7.11 Å². The number of benzene rings is 4. The van der Waals surface area contributed by atoms with Crippen LogP contribution in [0.25, 0.3) is 0 Å². The summed E-state index contributed by atoms with van der Waals surface area (Å²) in [5, 5.41) is 4.53. The molecule has 1 N–H and O–H groups in total. The molecule has 0 aromatic heterocycles. The molecular weight excluding hydrogens is 448 g/mol. The number of hydrogen-bond acceptors (Lipinski definition) is 5. The molecule has 0 saturated heterocycles. The van der Waals surface area contributed by atoms with Crippen LogP contribution < -0.4 is 14.9 Å².